The monoisotopic (exact) mass is 252 g/mol. The molecule has 1 heterocycles. The highest BCUT2D eigenvalue weighted by atomic mass is 32.1. The highest BCUT2D eigenvalue weighted by molar-refractivity contribution is 7.10. The molecular formula is C13H20N2OS. The Bertz CT molecular complexity index is 394. The Balaban J connectivity index is 1.91. The maximum atomic E-state index is 11.9. The molecule has 1 aliphatic rings. The van der Waals surface area contributed by atoms with Crippen LogP contribution in [-0.2, 0) is 10.2 Å². The van der Waals surface area contributed by atoms with Gasteiger partial charge in [0.25, 0.3) is 0 Å². The number of hydrogen-bond acceptors (Lipinski definition) is 3. The zero-order chi connectivity index (χ0) is 12.5. The molecule has 0 atom stereocenters. The number of thiophene rings is 1. The summed E-state index contributed by atoms with van der Waals surface area (Å²) < 4.78 is 0. The van der Waals surface area contributed by atoms with Crippen molar-refractivity contribution < 1.29 is 4.79 Å². The van der Waals surface area contributed by atoms with Crippen LogP contribution in [0.15, 0.2) is 17.5 Å². The fourth-order valence-electron chi connectivity index (χ4n) is 2.01. The van der Waals surface area contributed by atoms with Crippen LogP contribution < -0.4 is 11.1 Å². The lowest BCUT2D eigenvalue weighted by molar-refractivity contribution is -0.129. The lowest BCUT2D eigenvalue weighted by atomic mass is 9.77. The van der Waals surface area contributed by atoms with Crippen molar-refractivity contribution >= 4 is 17.2 Å². The number of nitrogens with two attached hydrogens (primary N) is 1. The summed E-state index contributed by atoms with van der Waals surface area (Å²) in [6.45, 7) is 4.93. The van der Waals surface area contributed by atoms with Gasteiger partial charge in [-0.25, -0.2) is 0 Å². The van der Waals surface area contributed by atoms with Crippen LogP contribution in [0.25, 0.3) is 0 Å². The maximum Gasteiger partial charge on any atom is 0.240 e. The van der Waals surface area contributed by atoms with Crippen LogP contribution in [0.1, 0.15) is 38.0 Å². The predicted octanol–water partition coefficient (Wildman–Crippen LogP) is 2.02. The molecule has 0 aliphatic heterocycles. The van der Waals surface area contributed by atoms with E-state index in [9.17, 15) is 4.79 Å². The molecule has 4 heteroatoms. The zero-order valence-corrected chi connectivity index (χ0v) is 11.3. The number of hydrogen-bond donors (Lipinski definition) is 2. The Kier molecular flexibility index (Phi) is 3.27. The molecular weight excluding hydrogens is 232 g/mol. The van der Waals surface area contributed by atoms with E-state index in [1.807, 2.05) is 6.07 Å². The smallest absolute Gasteiger partial charge is 0.240 e. The Labute approximate surface area is 106 Å². The molecule has 1 amide bonds. The van der Waals surface area contributed by atoms with E-state index < -0.39 is 5.54 Å². The van der Waals surface area contributed by atoms with Crippen molar-refractivity contribution in [3.8, 4) is 0 Å². The van der Waals surface area contributed by atoms with Gasteiger partial charge < -0.3 is 11.1 Å². The Hall–Kier alpha value is -0.870. The SMILES string of the molecule is CC(C)(CNC(=O)C1(N)CCC1)c1cccs1. The molecule has 1 saturated carbocycles. The molecule has 94 valence electrons. The Morgan fingerprint density at radius 1 is 1.59 bits per heavy atom. The lowest BCUT2D eigenvalue weighted by Gasteiger charge is -2.37. The minimum Gasteiger partial charge on any atom is -0.354 e. The van der Waals surface area contributed by atoms with Gasteiger partial charge in [-0.15, -0.1) is 11.3 Å². The third kappa shape index (κ3) is 2.53. The van der Waals surface area contributed by atoms with Gasteiger partial charge in [0.15, 0.2) is 0 Å². The highest BCUT2D eigenvalue weighted by Crippen LogP contribution is 2.30. The molecule has 1 aromatic heterocycles. The van der Waals surface area contributed by atoms with Crippen LogP contribution in [-0.4, -0.2) is 18.0 Å². The number of nitrogens with one attached hydrogen (secondary N) is 1. The third-order valence-corrected chi connectivity index (χ3v) is 4.81. The van der Waals surface area contributed by atoms with Crippen LogP contribution in [0.4, 0.5) is 0 Å². The first-order valence-electron chi connectivity index (χ1n) is 6.05. The van der Waals surface area contributed by atoms with E-state index in [1.54, 1.807) is 11.3 Å². The highest BCUT2D eigenvalue weighted by Gasteiger charge is 2.40. The third-order valence-electron chi connectivity index (χ3n) is 3.58. The molecule has 0 bridgehead atoms. The summed E-state index contributed by atoms with van der Waals surface area (Å²) in [7, 11) is 0. The van der Waals surface area contributed by atoms with E-state index in [-0.39, 0.29) is 11.3 Å². The van der Waals surface area contributed by atoms with Crippen LogP contribution in [0.2, 0.25) is 0 Å². The van der Waals surface area contributed by atoms with Gasteiger partial charge in [0.05, 0.1) is 5.54 Å². The number of amides is 1. The van der Waals surface area contributed by atoms with E-state index in [4.69, 9.17) is 5.73 Å². The normalized spacial score (nSPS) is 18.5. The number of rotatable bonds is 4. The number of carbonyl (C=O) groups excluding carboxylic acids is 1. The van der Waals surface area contributed by atoms with E-state index >= 15 is 0 Å². The molecule has 0 aromatic carbocycles. The number of carbonyl (C=O) groups is 1. The van der Waals surface area contributed by atoms with Gasteiger partial charge in [-0.2, -0.15) is 0 Å². The van der Waals surface area contributed by atoms with Crippen molar-refractivity contribution in [2.75, 3.05) is 6.54 Å². The second kappa shape index (κ2) is 4.42. The molecule has 0 radical (unpaired) electrons. The molecule has 1 aromatic rings. The van der Waals surface area contributed by atoms with Crippen molar-refractivity contribution in [3.63, 3.8) is 0 Å². The lowest BCUT2D eigenvalue weighted by Crippen LogP contribution is -2.59. The summed E-state index contributed by atoms with van der Waals surface area (Å²) in [5.74, 6) is 0.00776. The van der Waals surface area contributed by atoms with Crippen molar-refractivity contribution in [2.24, 2.45) is 5.73 Å². The zero-order valence-electron chi connectivity index (χ0n) is 10.5. The van der Waals surface area contributed by atoms with Gasteiger partial charge in [-0.3, -0.25) is 4.79 Å². The molecule has 0 unspecified atom stereocenters. The van der Waals surface area contributed by atoms with E-state index in [2.05, 4.69) is 30.6 Å². The van der Waals surface area contributed by atoms with Crippen LogP contribution in [0.3, 0.4) is 0 Å². The quantitative estimate of drug-likeness (QED) is 0.861. The van der Waals surface area contributed by atoms with Crippen LogP contribution in [0.5, 0.6) is 0 Å². The molecule has 0 saturated heterocycles. The van der Waals surface area contributed by atoms with E-state index in [1.165, 1.54) is 4.88 Å². The second-order valence-corrected chi connectivity index (χ2v) is 6.50. The van der Waals surface area contributed by atoms with Gasteiger partial charge in [-0.1, -0.05) is 19.9 Å². The van der Waals surface area contributed by atoms with Gasteiger partial charge in [-0.05, 0) is 30.7 Å². The minimum atomic E-state index is -0.592. The summed E-state index contributed by atoms with van der Waals surface area (Å²) in [5.41, 5.74) is 5.37. The molecule has 3 N–H and O–H groups in total. The van der Waals surface area contributed by atoms with Crippen LogP contribution >= 0.6 is 11.3 Å². The molecule has 17 heavy (non-hydrogen) atoms. The Morgan fingerprint density at radius 2 is 2.29 bits per heavy atom. The molecule has 1 aliphatic carbocycles. The minimum absolute atomic E-state index is 0.00776. The maximum absolute atomic E-state index is 11.9. The van der Waals surface area contributed by atoms with Crippen molar-refractivity contribution in [1.29, 1.82) is 0 Å². The van der Waals surface area contributed by atoms with E-state index in [0.29, 0.717) is 6.54 Å². The van der Waals surface area contributed by atoms with Crippen molar-refractivity contribution in [3.05, 3.63) is 22.4 Å². The summed E-state index contributed by atoms with van der Waals surface area (Å²) in [6.07, 6.45) is 2.70. The van der Waals surface area contributed by atoms with Crippen LogP contribution in [0, 0.1) is 0 Å². The first-order chi connectivity index (χ1) is 7.94. The van der Waals surface area contributed by atoms with Gasteiger partial charge in [0.2, 0.25) is 5.91 Å². The average Bonchev–Trinajstić information content (AvgIpc) is 2.76. The summed E-state index contributed by atoms with van der Waals surface area (Å²) in [6, 6.07) is 4.15. The first-order valence-corrected chi connectivity index (χ1v) is 6.93. The second-order valence-electron chi connectivity index (χ2n) is 5.55. The Morgan fingerprint density at radius 3 is 2.76 bits per heavy atom. The molecule has 3 nitrogen and oxygen atoms in total. The van der Waals surface area contributed by atoms with Gasteiger partial charge in [0.1, 0.15) is 0 Å². The summed E-state index contributed by atoms with van der Waals surface area (Å²) in [5, 5.41) is 5.06. The van der Waals surface area contributed by atoms with E-state index in [0.717, 1.165) is 19.3 Å². The largest absolute Gasteiger partial charge is 0.354 e. The standard InChI is InChI=1S/C13H20N2OS/c1-12(2,10-5-3-8-17-10)9-15-11(16)13(14)6-4-7-13/h3,5,8H,4,6-7,9,14H2,1-2H3,(H,15,16). The summed E-state index contributed by atoms with van der Waals surface area (Å²) in [4.78, 5) is 13.2. The van der Waals surface area contributed by atoms with Gasteiger partial charge >= 0.3 is 0 Å². The molecule has 0 spiro atoms. The topological polar surface area (TPSA) is 55.1 Å². The first kappa shape index (κ1) is 12.6. The fourth-order valence-corrected chi connectivity index (χ4v) is 2.86. The summed E-state index contributed by atoms with van der Waals surface area (Å²) >= 11 is 1.73. The van der Waals surface area contributed by atoms with Crippen molar-refractivity contribution in [1.82, 2.24) is 5.32 Å². The molecule has 1 fully saturated rings. The predicted molar refractivity (Wildman–Crippen MR) is 71.1 cm³/mol. The average molecular weight is 252 g/mol. The molecule has 2 rings (SSSR count). The fraction of sp³-hybridized carbons (Fsp3) is 0.615. The van der Waals surface area contributed by atoms with Crippen molar-refractivity contribution in [2.45, 2.75) is 44.1 Å². The van der Waals surface area contributed by atoms with Gasteiger partial charge in [0, 0.05) is 16.8 Å².